The average Bonchev–Trinajstić information content (AvgIpc) is 1.29. The molecule has 7 aliphatic heterocycles. The van der Waals surface area contributed by atoms with E-state index >= 15 is 0 Å². The summed E-state index contributed by atoms with van der Waals surface area (Å²) >= 11 is 0. The van der Waals surface area contributed by atoms with Crippen LogP contribution in [-0.4, -0.2) is 428 Å². The molecule has 0 aromatic carbocycles. The number of carbonyl (C=O) groups is 11. The van der Waals surface area contributed by atoms with E-state index in [1.807, 2.05) is 0 Å². The van der Waals surface area contributed by atoms with Gasteiger partial charge in [0.15, 0.2) is 25.2 Å². The van der Waals surface area contributed by atoms with Gasteiger partial charge >= 0.3 is 5.97 Å². The first kappa shape index (κ1) is 97.2. The molecular formula is C68H113N11O38. The molecule has 0 spiro atoms. The van der Waals surface area contributed by atoms with Crippen molar-refractivity contribution in [2.45, 2.75) is 301 Å². The molecular weight excluding hydrogens is 1580 g/mol. The Morgan fingerprint density at radius 1 is 0.547 bits per heavy atom. The molecule has 10 amide bonds. The van der Waals surface area contributed by atoms with Gasteiger partial charge in [-0.3, -0.25) is 47.9 Å². The summed E-state index contributed by atoms with van der Waals surface area (Å²) in [4.78, 5) is 151. The van der Waals surface area contributed by atoms with Gasteiger partial charge in [0.2, 0.25) is 59.1 Å². The van der Waals surface area contributed by atoms with Crippen LogP contribution in [0.3, 0.4) is 0 Å². The number of aliphatic hydroxyl groups is 16. The van der Waals surface area contributed by atoms with Gasteiger partial charge in [-0.25, -0.2) is 4.79 Å². The normalized spacial score (nSPS) is 36.3. The van der Waals surface area contributed by atoms with Gasteiger partial charge in [-0.15, -0.1) is 0 Å². The van der Waals surface area contributed by atoms with Crippen molar-refractivity contribution in [1.29, 1.82) is 0 Å². The second-order valence-electron chi connectivity index (χ2n) is 30.2. The van der Waals surface area contributed by atoms with E-state index in [-0.39, 0.29) is 32.4 Å². The summed E-state index contributed by atoms with van der Waals surface area (Å²) in [6, 6.07) is -14.5. The van der Waals surface area contributed by atoms with Crippen molar-refractivity contribution in [1.82, 2.24) is 47.0 Å². The lowest BCUT2D eigenvalue weighted by Crippen LogP contribution is -2.71. The quantitative estimate of drug-likeness (QED) is 0.0277. The molecule has 0 aliphatic carbocycles. The molecule has 0 bridgehead atoms. The second kappa shape index (κ2) is 42.5. The molecule has 7 heterocycles. The van der Waals surface area contributed by atoms with Crippen LogP contribution in [0.25, 0.3) is 0 Å². The number of carboxylic acids is 1. The number of nitrogens with two attached hydrogens (primary N) is 2. The highest BCUT2D eigenvalue weighted by molar-refractivity contribution is 5.97. The highest BCUT2D eigenvalue weighted by Crippen LogP contribution is 2.40. The van der Waals surface area contributed by atoms with E-state index in [1.54, 1.807) is 13.8 Å². The van der Waals surface area contributed by atoms with Crippen LogP contribution < -0.4 is 48.7 Å². The minimum Gasteiger partial charge on any atom is -0.477 e. The molecule has 0 radical (unpaired) electrons. The molecule has 28 N–H and O–H groups in total. The average molecular weight is 1690 g/mol. The van der Waals surface area contributed by atoms with Crippen LogP contribution in [0.5, 0.6) is 0 Å². The van der Waals surface area contributed by atoms with Crippen LogP contribution >= 0.6 is 0 Å². The topological polar surface area (TPSA) is 767 Å². The molecule has 7 aliphatic rings. The fourth-order valence-corrected chi connectivity index (χ4v) is 14.7. The number of hydrogen-bond acceptors (Lipinski definition) is 38. The Morgan fingerprint density at radius 2 is 1.08 bits per heavy atom. The highest BCUT2D eigenvalue weighted by Gasteiger charge is 2.62. The van der Waals surface area contributed by atoms with E-state index in [2.05, 4.69) is 37.2 Å². The minimum absolute atomic E-state index is 0.0389. The lowest BCUT2D eigenvalue weighted by atomic mass is 9.88. The molecule has 668 valence electrons. The zero-order valence-electron chi connectivity index (χ0n) is 65.1. The van der Waals surface area contributed by atoms with Crippen molar-refractivity contribution in [3.8, 4) is 0 Å². The third kappa shape index (κ3) is 23.2. The van der Waals surface area contributed by atoms with Crippen LogP contribution in [-0.2, 0) is 100 Å². The molecule has 7 fully saturated rings. The second-order valence-corrected chi connectivity index (χ2v) is 30.2. The summed E-state index contributed by atoms with van der Waals surface area (Å²) in [5.41, 5.74) is 11.4. The largest absolute Gasteiger partial charge is 0.477 e. The van der Waals surface area contributed by atoms with Crippen LogP contribution in [0.4, 0.5) is 0 Å². The Hall–Kier alpha value is -6.91. The smallest absolute Gasteiger partial charge is 0.364 e. The predicted molar refractivity (Wildman–Crippen MR) is 380 cm³/mol. The molecule has 0 unspecified atom stereocenters. The zero-order valence-corrected chi connectivity index (χ0v) is 65.1. The van der Waals surface area contributed by atoms with E-state index in [0.29, 0.717) is 6.42 Å². The summed E-state index contributed by atoms with van der Waals surface area (Å²) in [6.45, 7) is 2.96. The molecule has 0 saturated carbocycles. The number of nitrogens with one attached hydrogen (secondary N) is 7. The zero-order chi connectivity index (χ0) is 87.4. The Bertz CT molecular complexity index is 3400. The Balaban J connectivity index is 1.15. The minimum atomic E-state index is -3.26. The fourth-order valence-electron chi connectivity index (χ4n) is 14.7. The summed E-state index contributed by atoms with van der Waals surface area (Å²) in [7, 11) is 0. The molecule has 35 atom stereocenters. The third-order valence-corrected chi connectivity index (χ3v) is 21.1. The van der Waals surface area contributed by atoms with E-state index in [0.717, 1.165) is 39.5 Å². The molecule has 7 saturated heterocycles. The van der Waals surface area contributed by atoms with Crippen molar-refractivity contribution in [2.75, 3.05) is 52.7 Å². The number of rotatable bonds is 36. The number of amides is 10. The number of primary amides is 1. The van der Waals surface area contributed by atoms with Crippen LogP contribution in [0, 0.1) is 5.92 Å². The third-order valence-electron chi connectivity index (χ3n) is 21.1. The fraction of sp³-hybridized carbons (Fsp3) is 0.838. The number of carboxylic acid groups (broad SMARTS) is 1. The highest BCUT2D eigenvalue weighted by atomic mass is 16.8. The summed E-state index contributed by atoms with van der Waals surface area (Å²) in [5, 5.41) is 203. The van der Waals surface area contributed by atoms with Gasteiger partial charge in [-0.05, 0) is 52.4 Å². The number of nitrogens with zero attached hydrogens (tertiary/aromatic N) is 2. The summed E-state index contributed by atoms with van der Waals surface area (Å²) in [6.07, 6.45) is -52.0. The van der Waals surface area contributed by atoms with Crippen molar-refractivity contribution in [3.05, 3.63) is 0 Å². The number of ether oxygens (including phenoxy) is 10. The van der Waals surface area contributed by atoms with Crippen LogP contribution in [0.1, 0.15) is 87.5 Å². The lowest BCUT2D eigenvalue weighted by Gasteiger charge is -2.51. The van der Waals surface area contributed by atoms with Gasteiger partial charge in [-0.2, -0.15) is 0 Å². The standard InChI is InChI=1S/C68H113N11O38/c1-22(2)39(61(104)76-40(24(4)85)57(70)100)75-58(101)29-11-9-14-79(29)62(105)30-12-10-13-78(30)37(91)16-71-60(103)41(77-59(102)38(69)23(3)84)25(5)109-64-44(74-28(8)88)54(115-65-51(98)50(97)46(93)33(18-81)110-65)48(95)36(113-64)21-108-63-43(73-27(7)87)49(96)53(35(20-83)112-63)114-66-52(99)56(47(94)34(19-82)111-66)117-68(67(106)107)15-31(89)42(72-26(6)86)55(116-68)45(92)32(90)17-80/h22-25,29-36,38-56,63-66,80-85,89-90,92-99H,9-21,69H2,1-8H3,(H2,70,100)(H,71,103)(H,72,86)(H,73,87)(H,74,88)(H,75,101)(H,76,104)(H,77,102)(H,106,107)/t23-,24-,25-,29+,30+,31+,32-,33-,34-,35-,36-,38+,39+,40+,41+,42-,43-,44-,45-,46+,47+,48+,49-,50+,51-,52-,53-,54-,55-,56+,63-,64+,65+,66+,68+/m1/s1. The van der Waals surface area contributed by atoms with Crippen LogP contribution in [0.2, 0.25) is 0 Å². The first-order valence-corrected chi connectivity index (χ1v) is 37.9. The Kier molecular flexibility index (Phi) is 35.3. The van der Waals surface area contributed by atoms with Gasteiger partial charge in [0.25, 0.3) is 5.79 Å². The molecule has 0 aromatic rings. The maximum Gasteiger partial charge on any atom is 0.364 e. The van der Waals surface area contributed by atoms with Crippen molar-refractivity contribution in [3.63, 3.8) is 0 Å². The molecule has 7 rings (SSSR count). The van der Waals surface area contributed by atoms with Crippen molar-refractivity contribution in [2.24, 2.45) is 17.4 Å². The number of likely N-dealkylation sites (tertiary alicyclic amines) is 2. The van der Waals surface area contributed by atoms with E-state index in [1.165, 1.54) is 11.8 Å². The number of aliphatic hydroxyl groups excluding tert-OH is 16. The molecule has 49 nitrogen and oxygen atoms in total. The van der Waals surface area contributed by atoms with E-state index in [4.69, 9.17) is 58.8 Å². The Morgan fingerprint density at radius 3 is 1.63 bits per heavy atom. The van der Waals surface area contributed by atoms with E-state index in [9.17, 15) is 140 Å². The predicted octanol–water partition coefficient (Wildman–Crippen LogP) is -16.1. The van der Waals surface area contributed by atoms with Gasteiger partial charge in [-0.1, -0.05) is 13.8 Å². The monoisotopic (exact) mass is 1690 g/mol. The molecule has 117 heavy (non-hydrogen) atoms. The first-order valence-electron chi connectivity index (χ1n) is 37.9. The SMILES string of the molecule is CC(=O)N[C@H]1[C@H](OC[C@H]2O[C@H](O[C@H](C)[C@H](NC(=O)[C@@H](N)[C@@H](C)O)C(=O)NCC(=O)N3CCC[C@H]3C(=O)N3CCC[C@H]3C(=O)N[C@H](C(=O)N[C@H](C(N)=O)[C@@H](C)O)C(C)C)[C@H](NC(C)=O)[C@@H](O[C@@H]3O[C@H](CO)[C@H](O)[C@H](O)[C@H]3O)[C@H]2O)O[C@H](CO)[C@@H](O[C@@H]2O[C@H](CO)[C@H](O)[C@H](O[C@]3(C(=O)O)C[C@H](O)[C@@H](NC(C)=O)[C@H]([C@H](O)[C@H](O)CO)O3)[C@H]2O)[C@@H]1O. The molecule has 0 aromatic heterocycles. The number of aliphatic carboxylic acids is 1. The van der Waals surface area contributed by atoms with Gasteiger partial charge in [0.05, 0.1) is 70.0 Å². The van der Waals surface area contributed by atoms with Gasteiger partial charge < -0.3 is 193 Å². The molecule has 49 heteroatoms. The first-order chi connectivity index (χ1) is 54.9. The Labute approximate surface area is 668 Å². The maximum absolute atomic E-state index is 14.7. The maximum atomic E-state index is 14.7. The lowest BCUT2D eigenvalue weighted by molar-refractivity contribution is -0.383. The van der Waals surface area contributed by atoms with Crippen LogP contribution in [0.15, 0.2) is 0 Å². The van der Waals surface area contributed by atoms with Gasteiger partial charge in [0, 0.05) is 40.3 Å². The van der Waals surface area contributed by atoms with Crippen molar-refractivity contribution < 1.29 is 187 Å². The van der Waals surface area contributed by atoms with E-state index < -0.39 is 330 Å². The summed E-state index contributed by atoms with van der Waals surface area (Å²) < 4.78 is 59.5. The van der Waals surface area contributed by atoms with Crippen molar-refractivity contribution >= 4 is 65.0 Å². The number of hydrogen-bond donors (Lipinski definition) is 26. The summed E-state index contributed by atoms with van der Waals surface area (Å²) in [5.74, 6) is -15.4. The number of carbonyl (C=O) groups excluding carboxylic acids is 10. The van der Waals surface area contributed by atoms with Gasteiger partial charge in [0.1, 0.15) is 152 Å².